The number of hydrogen-bond donors (Lipinski definition) is 2. The third kappa shape index (κ3) is 3.68. The largest absolute Gasteiger partial charge is 0.489 e. The molecule has 2 aromatic carbocycles. The molecule has 0 saturated heterocycles. The molecule has 0 bridgehead atoms. The van der Waals surface area contributed by atoms with Gasteiger partial charge in [0.05, 0.1) is 4.47 Å². The van der Waals surface area contributed by atoms with Crippen LogP contribution in [0.1, 0.15) is 11.7 Å². The van der Waals surface area contributed by atoms with E-state index in [-0.39, 0.29) is 12.4 Å². The minimum Gasteiger partial charge on any atom is -0.489 e. The fourth-order valence-corrected chi connectivity index (χ4v) is 2.04. The first kappa shape index (κ1) is 13.8. The van der Waals surface area contributed by atoms with E-state index in [9.17, 15) is 9.50 Å². The van der Waals surface area contributed by atoms with E-state index in [2.05, 4.69) is 15.9 Å². The molecular formula is C14H13BrFNO2. The Morgan fingerprint density at radius 1 is 1.21 bits per heavy atom. The van der Waals surface area contributed by atoms with E-state index >= 15 is 0 Å². The van der Waals surface area contributed by atoms with Gasteiger partial charge in [0.1, 0.15) is 24.3 Å². The van der Waals surface area contributed by atoms with E-state index in [1.165, 1.54) is 18.2 Å². The summed E-state index contributed by atoms with van der Waals surface area (Å²) >= 11 is 3.20. The summed E-state index contributed by atoms with van der Waals surface area (Å²) < 4.78 is 18.9. The number of benzene rings is 2. The molecule has 5 heteroatoms. The zero-order chi connectivity index (χ0) is 13.8. The zero-order valence-electron chi connectivity index (χ0n) is 10.0. The lowest BCUT2D eigenvalue weighted by Crippen LogP contribution is -2.10. The number of aliphatic hydroxyl groups excluding tert-OH is 1. The SMILES string of the molecule is Nc1ccc(C(O)COc2ccc(F)cc2Br)cc1. The van der Waals surface area contributed by atoms with Crippen molar-refractivity contribution in [3.63, 3.8) is 0 Å². The fraction of sp³-hybridized carbons (Fsp3) is 0.143. The average molecular weight is 326 g/mol. The molecule has 0 aliphatic heterocycles. The van der Waals surface area contributed by atoms with E-state index in [0.717, 1.165) is 0 Å². The molecule has 0 heterocycles. The van der Waals surface area contributed by atoms with Crippen molar-refractivity contribution in [3.8, 4) is 5.75 Å². The van der Waals surface area contributed by atoms with Gasteiger partial charge in [0, 0.05) is 5.69 Å². The first-order chi connectivity index (χ1) is 9.06. The van der Waals surface area contributed by atoms with Crippen LogP contribution in [0.3, 0.4) is 0 Å². The molecule has 0 aliphatic rings. The minimum atomic E-state index is -0.766. The summed E-state index contributed by atoms with van der Waals surface area (Å²) in [5, 5.41) is 9.96. The Hall–Kier alpha value is -1.59. The number of halogens is 2. The van der Waals surface area contributed by atoms with Crippen molar-refractivity contribution in [2.24, 2.45) is 0 Å². The monoisotopic (exact) mass is 325 g/mol. The Balaban J connectivity index is 2.00. The van der Waals surface area contributed by atoms with Crippen molar-refractivity contribution in [1.29, 1.82) is 0 Å². The normalized spacial score (nSPS) is 12.2. The molecule has 3 N–H and O–H groups in total. The van der Waals surface area contributed by atoms with Crippen LogP contribution in [0.5, 0.6) is 5.75 Å². The van der Waals surface area contributed by atoms with Crippen LogP contribution in [-0.2, 0) is 0 Å². The minimum absolute atomic E-state index is 0.0775. The second-order valence-corrected chi connectivity index (χ2v) is 4.92. The molecule has 0 aromatic heterocycles. The van der Waals surface area contributed by atoms with Crippen molar-refractivity contribution in [2.75, 3.05) is 12.3 Å². The third-order valence-corrected chi connectivity index (χ3v) is 3.23. The van der Waals surface area contributed by atoms with Crippen LogP contribution in [0.15, 0.2) is 46.9 Å². The Kier molecular flexibility index (Phi) is 4.39. The molecule has 1 unspecified atom stereocenters. The smallest absolute Gasteiger partial charge is 0.133 e. The molecule has 3 nitrogen and oxygen atoms in total. The summed E-state index contributed by atoms with van der Waals surface area (Å²) in [6.07, 6.45) is -0.766. The zero-order valence-corrected chi connectivity index (χ0v) is 11.6. The summed E-state index contributed by atoms with van der Waals surface area (Å²) in [4.78, 5) is 0. The van der Waals surface area contributed by atoms with E-state index < -0.39 is 6.10 Å². The Morgan fingerprint density at radius 3 is 2.53 bits per heavy atom. The van der Waals surface area contributed by atoms with Crippen LogP contribution in [-0.4, -0.2) is 11.7 Å². The van der Waals surface area contributed by atoms with Gasteiger partial charge in [0.25, 0.3) is 0 Å². The summed E-state index contributed by atoms with van der Waals surface area (Å²) in [5.74, 6) is 0.134. The van der Waals surface area contributed by atoms with E-state index in [4.69, 9.17) is 10.5 Å². The standard InChI is InChI=1S/C14H13BrFNO2/c15-12-7-10(16)3-6-14(12)19-8-13(18)9-1-4-11(17)5-2-9/h1-7,13,18H,8,17H2. The molecule has 0 amide bonds. The predicted molar refractivity (Wildman–Crippen MR) is 75.4 cm³/mol. The maximum Gasteiger partial charge on any atom is 0.133 e. The van der Waals surface area contributed by atoms with Crippen LogP contribution in [0.2, 0.25) is 0 Å². The lowest BCUT2D eigenvalue weighted by Gasteiger charge is -2.13. The van der Waals surface area contributed by atoms with Crippen LogP contribution in [0.25, 0.3) is 0 Å². The maximum atomic E-state index is 12.9. The molecule has 0 radical (unpaired) electrons. The van der Waals surface area contributed by atoms with Gasteiger partial charge in [0.15, 0.2) is 0 Å². The number of nitrogens with two attached hydrogens (primary N) is 1. The molecule has 0 fully saturated rings. The quantitative estimate of drug-likeness (QED) is 0.848. The van der Waals surface area contributed by atoms with Gasteiger partial charge in [-0.3, -0.25) is 0 Å². The van der Waals surface area contributed by atoms with Gasteiger partial charge in [-0.05, 0) is 51.8 Å². The number of ether oxygens (including phenoxy) is 1. The van der Waals surface area contributed by atoms with Crippen molar-refractivity contribution in [2.45, 2.75) is 6.10 Å². The van der Waals surface area contributed by atoms with Gasteiger partial charge in [-0.2, -0.15) is 0 Å². The Morgan fingerprint density at radius 2 is 1.89 bits per heavy atom. The van der Waals surface area contributed by atoms with Gasteiger partial charge >= 0.3 is 0 Å². The first-order valence-electron chi connectivity index (χ1n) is 5.67. The molecular weight excluding hydrogens is 313 g/mol. The molecule has 1 atom stereocenters. The number of nitrogen functional groups attached to an aromatic ring is 1. The highest BCUT2D eigenvalue weighted by Crippen LogP contribution is 2.26. The lowest BCUT2D eigenvalue weighted by atomic mass is 10.1. The van der Waals surface area contributed by atoms with Crippen LogP contribution < -0.4 is 10.5 Å². The molecule has 0 saturated carbocycles. The molecule has 19 heavy (non-hydrogen) atoms. The second-order valence-electron chi connectivity index (χ2n) is 4.07. The first-order valence-corrected chi connectivity index (χ1v) is 6.47. The van der Waals surface area contributed by atoms with Gasteiger partial charge in [-0.15, -0.1) is 0 Å². The molecule has 2 aromatic rings. The molecule has 0 spiro atoms. The molecule has 100 valence electrons. The van der Waals surface area contributed by atoms with Gasteiger partial charge in [0.2, 0.25) is 0 Å². The number of rotatable bonds is 4. The van der Waals surface area contributed by atoms with Crippen molar-refractivity contribution in [1.82, 2.24) is 0 Å². The molecule has 2 rings (SSSR count). The summed E-state index contributed by atoms with van der Waals surface area (Å²) in [7, 11) is 0. The topological polar surface area (TPSA) is 55.5 Å². The van der Waals surface area contributed by atoms with Gasteiger partial charge in [-0.1, -0.05) is 12.1 Å². The number of anilines is 1. The fourth-order valence-electron chi connectivity index (χ4n) is 1.58. The van der Waals surface area contributed by atoms with Crippen molar-refractivity contribution >= 4 is 21.6 Å². The van der Waals surface area contributed by atoms with Gasteiger partial charge in [-0.25, -0.2) is 4.39 Å². The van der Waals surface area contributed by atoms with Crippen LogP contribution >= 0.6 is 15.9 Å². The van der Waals surface area contributed by atoms with Crippen LogP contribution in [0, 0.1) is 5.82 Å². The summed E-state index contributed by atoms with van der Waals surface area (Å²) in [6, 6.07) is 11.0. The lowest BCUT2D eigenvalue weighted by molar-refractivity contribution is 0.108. The Bertz CT molecular complexity index is 560. The maximum absolute atomic E-state index is 12.9. The third-order valence-electron chi connectivity index (χ3n) is 2.61. The van der Waals surface area contributed by atoms with E-state index in [1.807, 2.05) is 0 Å². The number of hydrogen-bond acceptors (Lipinski definition) is 3. The van der Waals surface area contributed by atoms with Crippen molar-refractivity contribution < 1.29 is 14.2 Å². The summed E-state index contributed by atoms with van der Waals surface area (Å²) in [6.45, 7) is 0.0775. The van der Waals surface area contributed by atoms with Crippen molar-refractivity contribution in [3.05, 3.63) is 58.3 Å². The molecule has 0 aliphatic carbocycles. The summed E-state index contributed by atoms with van der Waals surface area (Å²) in [5.41, 5.74) is 6.92. The van der Waals surface area contributed by atoms with Crippen LogP contribution in [0.4, 0.5) is 10.1 Å². The van der Waals surface area contributed by atoms with E-state index in [0.29, 0.717) is 21.5 Å². The predicted octanol–water partition coefficient (Wildman–Crippen LogP) is 3.28. The van der Waals surface area contributed by atoms with Gasteiger partial charge < -0.3 is 15.6 Å². The van der Waals surface area contributed by atoms with E-state index in [1.54, 1.807) is 24.3 Å². The highest BCUT2D eigenvalue weighted by atomic mass is 79.9. The number of aliphatic hydroxyl groups is 1. The highest BCUT2D eigenvalue weighted by molar-refractivity contribution is 9.10. The average Bonchev–Trinajstić information content (AvgIpc) is 2.38. The Labute approximate surface area is 118 Å². The second kappa shape index (κ2) is 6.04. The highest BCUT2D eigenvalue weighted by Gasteiger charge is 2.10.